The van der Waals surface area contributed by atoms with Gasteiger partial charge in [0, 0.05) is 25.6 Å². The summed E-state index contributed by atoms with van der Waals surface area (Å²) in [6, 6.07) is 10.7. The first-order chi connectivity index (χ1) is 12.5. The molecule has 7 heteroatoms. The molecular formula is C20H30IN5O. The Morgan fingerprint density at radius 2 is 2.04 bits per heavy atom. The number of nitrogens with one attached hydrogen (secondary N) is 1. The molecule has 1 aliphatic heterocycles. The predicted molar refractivity (Wildman–Crippen MR) is 118 cm³/mol. The van der Waals surface area contributed by atoms with E-state index in [1.54, 1.807) is 0 Å². The molecule has 2 aromatic rings. The van der Waals surface area contributed by atoms with Crippen molar-refractivity contribution in [3.05, 3.63) is 47.6 Å². The molecule has 2 heterocycles. The molecule has 6 nitrogen and oxygen atoms in total. The first-order valence-corrected chi connectivity index (χ1v) is 9.28. The molecule has 3 rings (SSSR count). The van der Waals surface area contributed by atoms with Crippen LogP contribution in [0.15, 0.2) is 39.8 Å². The lowest BCUT2D eigenvalue weighted by Crippen LogP contribution is -2.40. The number of aromatic nitrogens is 2. The number of hydrogen-bond donors (Lipinski definition) is 1. The summed E-state index contributed by atoms with van der Waals surface area (Å²) in [6.07, 6.45) is 2.31. The van der Waals surface area contributed by atoms with E-state index in [0.29, 0.717) is 24.2 Å². The molecule has 0 saturated carbocycles. The Bertz CT molecular complexity index is 738. The van der Waals surface area contributed by atoms with Crippen molar-refractivity contribution in [3.8, 4) is 0 Å². The van der Waals surface area contributed by atoms with E-state index in [-0.39, 0.29) is 29.4 Å². The highest BCUT2D eigenvalue weighted by atomic mass is 127. The summed E-state index contributed by atoms with van der Waals surface area (Å²) in [5.74, 6) is 2.89. The third-order valence-corrected chi connectivity index (χ3v) is 4.68. The lowest BCUT2D eigenvalue weighted by Gasteiger charge is -2.21. The molecule has 1 saturated heterocycles. The van der Waals surface area contributed by atoms with Crippen molar-refractivity contribution >= 4 is 29.9 Å². The van der Waals surface area contributed by atoms with E-state index in [1.807, 2.05) is 7.05 Å². The summed E-state index contributed by atoms with van der Waals surface area (Å²) >= 11 is 0. The van der Waals surface area contributed by atoms with Gasteiger partial charge in [0.05, 0.1) is 6.54 Å². The van der Waals surface area contributed by atoms with E-state index in [2.05, 4.69) is 76.5 Å². The SMILES string of the molecule is CN=C(NCc1noc(C(C)(C)C)n1)N1CCC(Cc2ccccc2)C1.I. The normalized spacial score (nSPS) is 17.7. The van der Waals surface area contributed by atoms with Gasteiger partial charge in [0.25, 0.3) is 0 Å². The van der Waals surface area contributed by atoms with Crippen LogP contribution in [0.4, 0.5) is 0 Å². The molecule has 0 radical (unpaired) electrons. The summed E-state index contributed by atoms with van der Waals surface area (Å²) in [7, 11) is 1.82. The Labute approximate surface area is 178 Å². The molecule has 1 aromatic carbocycles. The van der Waals surface area contributed by atoms with Gasteiger partial charge in [0.15, 0.2) is 11.8 Å². The fraction of sp³-hybridized carbons (Fsp3) is 0.550. The van der Waals surface area contributed by atoms with Gasteiger partial charge in [0.2, 0.25) is 5.89 Å². The molecule has 0 amide bonds. The largest absolute Gasteiger partial charge is 0.349 e. The van der Waals surface area contributed by atoms with Crippen molar-refractivity contribution < 1.29 is 4.52 Å². The zero-order valence-electron chi connectivity index (χ0n) is 16.6. The van der Waals surface area contributed by atoms with Gasteiger partial charge in [0.1, 0.15) is 0 Å². The van der Waals surface area contributed by atoms with Crippen LogP contribution in [0.5, 0.6) is 0 Å². The summed E-state index contributed by atoms with van der Waals surface area (Å²) in [4.78, 5) is 11.2. The van der Waals surface area contributed by atoms with Gasteiger partial charge < -0.3 is 14.7 Å². The fourth-order valence-corrected chi connectivity index (χ4v) is 3.26. The Morgan fingerprint density at radius 1 is 1.30 bits per heavy atom. The minimum Gasteiger partial charge on any atom is -0.349 e. The molecule has 1 aliphatic rings. The van der Waals surface area contributed by atoms with Crippen LogP contribution in [0.25, 0.3) is 0 Å². The molecule has 0 spiro atoms. The molecule has 1 fully saturated rings. The molecule has 148 valence electrons. The van der Waals surface area contributed by atoms with Crippen molar-refractivity contribution in [1.29, 1.82) is 0 Å². The third kappa shape index (κ3) is 5.92. The Kier molecular flexibility index (Phi) is 7.64. The van der Waals surface area contributed by atoms with Crippen LogP contribution in [-0.2, 0) is 18.4 Å². The average Bonchev–Trinajstić information content (AvgIpc) is 3.26. The first-order valence-electron chi connectivity index (χ1n) is 9.28. The molecule has 1 N–H and O–H groups in total. The van der Waals surface area contributed by atoms with Gasteiger partial charge >= 0.3 is 0 Å². The molecule has 0 aliphatic carbocycles. The van der Waals surface area contributed by atoms with Gasteiger partial charge in [-0.05, 0) is 24.3 Å². The Hall–Kier alpha value is -1.64. The van der Waals surface area contributed by atoms with E-state index >= 15 is 0 Å². The van der Waals surface area contributed by atoms with Crippen LogP contribution < -0.4 is 5.32 Å². The minimum absolute atomic E-state index is 0. The smallest absolute Gasteiger partial charge is 0.232 e. The number of halogens is 1. The van der Waals surface area contributed by atoms with Crippen LogP contribution in [0.2, 0.25) is 0 Å². The summed E-state index contributed by atoms with van der Waals surface area (Å²) in [5.41, 5.74) is 1.27. The number of aliphatic imine (C=N–C) groups is 1. The fourth-order valence-electron chi connectivity index (χ4n) is 3.26. The number of rotatable bonds is 4. The monoisotopic (exact) mass is 483 g/mol. The highest BCUT2D eigenvalue weighted by Crippen LogP contribution is 2.21. The van der Waals surface area contributed by atoms with Gasteiger partial charge in [-0.15, -0.1) is 24.0 Å². The first kappa shape index (κ1) is 21.7. The van der Waals surface area contributed by atoms with Gasteiger partial charge in [-0.3, -0.25) is 4.99 Å². The highest BCUT2D eigenvalue weighted by molar-refractivity contribution is 14.0. The van der Waals surface area contributed by atoms with E-state index < -0.39 is 0 Å². The van der Waals surface area contributed by atoms with Crippen LogP contribution in [0.3, 0.4) is 0 Å². The van der Waals surface area contributed by atoms with E-state index in [1.165, 1.54) is 12.0 Å². The van der Waals surface area contributed by atoms with Gasteiger partial charge in [-0.25, -0.2) is 0 Å². The lowest BCUT2D eigenvalue weighted by atomic mass is 9.97. The average molecular weight is 483 g/mol. The second-order valence-corrected chi connectivity index (χ2v) is 7.96. The maximum Gasteiger partial charge on any atom is 0.232 e. The number of benzene rings is 1. The second-order valence-electron chi connectivity index (χ2n) is 7.96. The molecule has 0 bridgehead atoms. The van der Waals surface area contributed by atoms with Gasteiger partial charge in [-0.2, -0.15) is 4.98 Å². The lowest BCUT2D eigenvalue weighted by molar-refractivity contribution is 0.318. The Morgan fingerprint density at radius 3 is 2.67 bits per heavy atom. The topological polar surface area (TPSA) is 66.5 Å². The van der Waals surface area contributed by atoms with Crippen LogP contribution in [-0.4, -0.2) is 41.1 Å². The number of likely N-dealkylation sites (tertiary alicyclic amines) is 1. The summed E-state index contributed by atoms with van der Waals surface area (Å²) in [6.45, 7) is 8.76. The second kappa shape index (κ2) is 9.52. The van der Waals surface area contributed by atoms with Crippen LogP contribution >= 0.6 is 24.0 Å². The standard InChI is InChI=1S/C20H29N5O.HI/c1-20(2,3)18-23-17(24-26-18)13-22-19(21-4)25-11-10-16(14-25)12-15-8-6-5-7-9-15;/h5-9,16H,10-14H2,1-4H3,(H,21,22);1H. The molecule has 27 heavy (non-hydrogen) atoms. The van der Waals surface area contributed by atoms with Crippen LogP contribution in [0.1, 0.15) is 44.5 Å². The van der Waals surface area contributed by atoms with Crippen molar-refractivity contribution in [3.63, 3.8) is 0 Å². The Balaban J connectivity index is 0.00000261. The summed E-state index contributed by atoms with van der Waals surface area (Å²) < 4.78 is 5.35. The van der Waals surface area contributed by atoms with Crippen molar-refractivity contribution in [2.45, 2.75) is 45.6 Å². The zero-order chi connectivity index (χ0) is 18.6. The summed E-state index contributed by atoms with van der Waals surface area (Å²) in [5, 5.41) is 7.43. The number of hydrogen-bond acceptors (Lipinski definition) is 4. The zero-order valence-corrected chi connectivity index (χ0v) is 18.9. The van der Waals surface area contributed by atoms with E-state index in [9.17, 15) is 0 Å². The molecule has 1 unspecified atom stereocenters. The minimum atomic E-state index is -0.132. The quantitative estimate of drug-likeness (QED) is 0.409. The molecular weight excluding hydrogens is 453 g/mol. The van der Waals surface area contributed by atoms with E-state index in [0.717, 1.165) is 25.5 Å². The van der Waals surface area contributed by atoms with E-state index in [4.69, 9.17) is 4.52 Å². The van der Waals surface area contributed by atoms with Crippen molar-refractivity contribution in [1.82, 2.24) is 20.4 Å². The highest BCUT2D eigenvalue weighted by Gasteiger charge is 2.26. The molecule has 1 aromatic heterocycles. The maximum atomic E-state index is 5.35. The van der Waals surface area contributed by atoms with Crippen molar-refractivity contribution in [2.24, 2.45) is 10.9 Å². The van der Waals surface area contributed by atoms with Gasteiger partial charge in [-0.1, -0.05) is 56.3 Å². The number of guanidine groups is 1. The number of nitrogens with zero attached hydrogens (tertiary/aromatic N) is 4. The van der Waals surface area contributed by atoms with Crippen molar-refractivity contribution in [2.75, 3.05) is 20.1 Å². The predicted octanol–water partition coefficient (Wildman–Crippen LogP) is 3.63. The maximum absolute atomic E-state index is 5.35. The third-order valence-electron chi connectivity index (χ3n) is 4.68. The van der Waals surface area contributed by atoms with Crippen LogP contribution in [0, 0.1) is 5.92 Å². The molecule has 1 atom stereocenters.